The van der Waals surface area contributed by atoms with Crippen LogP contribution in [-0.2, 0) is 0 Å². The highest BCUT2D eigenvalue weighted by molar-refractivity contribution is 4.83. The Bertz CT molecular complexity index is 148. The van der Waals surface area contributed by atoms with E-state index in [1.165, 1.54) is 51.7 Å². The van der Waals surface area contributed by atoms with Crippen molar-refractivity contribution in [2.24, 2.45) is 5.92 Å². The Hall–Kier alpha value is -0.0800. The van der Waals surface area contributed by atoms with Crippen LogP contribution in [0.3, 0.4) is 0 Å². The first-order chi connectivity index (χ1) is 6.36. The Kier molecular flexibility index (Phi) is 3.23. The minimum Gasteiger partial charge on any atom is -0.316 e. The second-order valence-corrected chi connectivity index (χ2v) is 4.71. The number of hydrogen-bond acceptors (Lipinski definition) is 2. The van der Waals surface area contributed by atoms with Gasteiger partial charge in [-0.05, 0) is 64.7 Å². The minimum absolute atomic E-state index is 0.941. The molecule has 1 saturated heterocycles. The summed E-state index contributed by atoms with van der Waals surface area (Å²) in [5, 5.41) is 3.48. The fourth-order valence-electron chi connectivity index (χ4n) is 2.25. The summed E-state index contributed by atoms with van der Waals surface area (Å²) in [7, 11) is 2.29. The van der Waals surface area contributed by atoms with E-state index >= 15 is 0 Å². The van der Waals surface area contributed by atoms with Crippen LogP contribution in [0.4, 0.5) is 0 Å². The average molecular weight is 182 g/mol. The van der Waals surface area contributed by atoms with Crippen molar-refractivity contribution in [2.75, 3.05) is 26.7 Å². The van der Waals surface area contributed by atoms with Crippen molar-refractivity contribution in [1.82, 2.24) is 10.2 Å². The van der Waals surface area contributed by atoms with Crippen molar-refractivity contribution in [3.63, 3.8) is 0 Å². The summed E-state index contributed by atoms with van der Waals surface area (Å²) in [6.07, 6.45) is 7.13. The monoisotopic (exact) mass is 182 g/mol. The van der Waals surface area contributed by atoms with Crippen molar-refractivity contribution in [3.05, 3.63) is 0 Å². The molecule has 1 atom stereocenters. The van der Waals surface area contributed by atoms with Crippen LogP contribution in [0.15, 0.2) is 0 Å². The molecular formula is C11H22N2. The summed E-state index contributed by atoms with van der Waals surface area (Å²) in [6, 6.07) is 0.941. The van der Waals surface area contributed by atoms with E-state index in [4.69, 9.17) is 0 Å². The fraction of sp³-hybridized carbons (Fsp3) is 1.00. The third kappa shape index (κ3) is 2.96. The van der Waals surface area contributed by atoms with Gasteiger partial charge in [-0.25, -0.2) is 0 Å². The number of piperidine rings is 1. The topological polar surface area (TPSA) is 15.3 Å². The minimum atomic E-state index is 0.941. The molecule has 0 radical (unpaired) electrons. The van der Waals surface area contributed by atoms with Crippen LogP contribution < -0.4 is 5.32 Å². The molecule has 2 nitrogen and oxygen atoms in total. The highest BCUT2D eigenvalue weighted by Gasteiger charge is 2.26. The summed E-state index contributed by atoms with van der Waals surface area (Å²) in [5.41, 5.74) is 0. The van der Waals surface area contributed by atoms with Gasteiger partial charge in [-0.1, -0.05) is 0 Å². The third-order valence-corrected chi connectivity index (χ3v) is 3.46. The van der Waals surface area contributed by atoms with Gasteiger partial charge in [0.25, 0.3) is 0 Å². The van der Waals surface area contributed by atoms with Gasteiger partial charge in [0.15, 0.2) is 0 Å². The first-order valence-electron chi connectivity index (χ1n) is 5.77. The van der Waals surface area contributed by atoms with Crippen LogP contribution in [0.1, 0.15) is 32.1 Å². The standard InChI is InChI=1S/C11H22N2/c1-13(11-4-5-11)8-6-10-3-2-7-12-9-10/h10-12H,2-9H2,1H3. The van der Waals surface area contributed by atoms with E-state index in [0.29, 0.717) is 0 Å². The lowest BCUT2D eigenvalue weighted by Gasteiger charge is -2.25. The zero-order chi connectivity index (χ0) is 9.10. The van der Waals surface area contributed by atoms with Crippen molar-refractivity contribution >= 4 is 0 Å². The van der Waals surface area contributed by atoms with Crippen LogP contribution in [0.5, 0.6) is 0 Å². The van der Waals surface area contributed by atoms with E-state index in [2.05, 4.69) is 17.3 Å². The SMILES string of the molecule is CN(CCC1CCCNC1)C1CC1. The molecular weight excluding hydrogens is 160 g/mol. The molecule has 0 aromatic heterocycles. The summed E-state index contributed by atoms with van der Waals surface area (Å²) < 4.78 is 0. The molecule has 1 N–H and O–H groups in total. The molecule has 1 aliphatic carbocycles. The molecule has 0 aromatic carbocycles. The molecule has 0 spiro atoms. The molecule has 2 fully saturated rings. The summed E-state index contributed by atoms with van der Waals surface area (Å²) in [4.78, 5) is 2.55. The first-order valence-corrected chi connectivity index (χ1v) is 5.77. The summed E-state index contributed by atoms with van der Waals surface area (Å²) >= 11 is 0. The molecule has 0 bridgehead atoms. The molecule has 1 saturated carbocycles. The van der Waals surface area contributed by atoms with Crippen LogP contribution >= 0.6 is 0 Å². The maximum Gasteiger partial charge on any atom is 0.00933 e. The van der Waals surface area contributed by atoms with Crippen LogP contribution in [0.2, 0.25) is 0 Å². The molecule has 2 heteroatoms. The van der Waals surface area contributed by atoms with E-state index in [1.807, 2.05) is 0 Å². The highest BCUT2D eigenvalue weighted by Crippen LogP contribution is 2.26. The molecule has 13 heavy (non-hydrogen) atoms. The third-order valence-electron chi connectivity index (χ3n) is 3.46. The Balaban J connectivity index is 1.60. The largest absolute Gasteiger partial charge is 0.316 e. The normalized spacial score (nSPS) is 29.5. The Labute approximate surface area is 81.7 Å². The maximum absolute atomic E-state index is 3.48. The van der Waals surface area contributed by atoms with Gasteiger partial charge in [-0.2, -0.15) is 0 Å². The molecule has 0 aromatic rings. The highest BCUT2D eigenvalue weighted by atomic mass is 15.1. The van der Waals surface area contributed by atoms with Crippen LogP contribution in [0.25, 0.3) is 0 Å². The van der Waals surface area contributed by atoms with E-state index < -0.39 is 0 Å². The zero-order valence-corrected chi connectivity index (χ0v) is 8.76. The van der Waals surface area contributed by atoms with Crippen molar-refractivity contribution in [1.29, 1.82) is 0 Å². The fourth-order valence-corrected chi connectivity index (χ4v) is 2.25. The molecule has 0 amide bonds. The predicted molar refractivity (Wildman–Crippen MR) is 55.9 cm³/mol. The van der Waals surface area contributed by atoms with Gasteiger partial charge in [-0.3, -0.25) is 0 Å². The lowest BCUT2D eigenvalue weighted by atomic mass is 9.96. The molecule has 76 valence electrons. The van der Waals surface area contributed by atoms with Crippen molar-refractivity contribution < 1.29 is 0 Å². The van der Waals surface area contributed by atoms with Gasteiger partial charge in [0.1, 0.15) is 0 Å². The molecule has 1 heterocycles. The van der Waals surface area contributed by atoms with Crippen molar-refractivity contribution in [3.8, 4) is 0 Å². The van der Waals surface area contributed by atoms with Gasteiger partial charge >= 0.3 is 0 Å². The van der Waals surface area contributed by atoms with E-state index in [-0.39, 0.29) is 0 Å². The Morgan fingerprint density at radius 3 is 2.77 bits per heavy atom. The smallest absolute Gasteiger partial charge is 0.00933 e. The number of hydrogen-bond donors (Lipinski definition) is 1. The van der Waals surface area contributed by atoms with E-state index in [9.17, 15) is 0 Å². The second kappa shape index (κ2) is 4.43. The quantitative estimate of drug-likeness (QED) is 0.708. The Morgan fingerprint density at radius 1 is 1.31 bits per heavy atom. The van der Waals surface area contributed by atoms with Gasteiger partial charge in [0, 0.05) is 6.04 Å². The second-order valence-electron chi connectivity index (χ2n) is 4.71. The van der Waals surface area contributed by atoms with Gasteiger partial charge in [0.05, 0.1) is 0 Å². The van der Waals surface area contributed by atoms with Crippen LogP contribution in [0, 0.1) is 5.92 Å². The van der Waals surface area contributed by atoms with Gasteiger partial charge in [-0.15, -0.1) is 0 Å². The predicted octanol–water partition coefficient (Wildman–Crippen LogP) is 1.47. The average Bonchev–Trinajstić information content (AvgIpc) is 2.99. The van der Waals surface area contributed by atoms with Crippen molar-refractivity contribution in [2.45, 2.75) is 38.1 Å². The summed E-state index contributed by atoms with van der Waals surface area (Å²) in [5.74, 6) is 0.954. The van der Waals surface area contributed by atoms with E-state index in [1.54, 1.807) is 0 Å². The van der Waals surface area contributed by atoms with E-state index in [0.717, 1.165) is 12.0 Å². The number of rotatable bonds is 4. The van der Waals surface area contributed by atoms with Crippen LogP contribution in [-0.4, -0.2) is 37.6 Å². The molecule has 1 unspecified atom stereocenters. The Morgan fingerprint density at radius 2 is 2.15 bits per heavy atom. The van der Waals surface area contributed by atoms with Gasteiger partial charge < -0.3 is 10.2 Å². The number of nitrogens with zero attached hydrogens (tertiary/aromatic N) is 1. The first kappa shape index (κ1) is 9.47. The molecule has 1 aliphatic heterocycles. The molecule has 2 rings (SSSR count). The lowest BCUT2D eigenvalue weighted by Crippen LogP contribution is -2.32. The number of nitrogens with one attached hydrogen (secondary N) is 1. The van der Waals surface area contributed by atoms with Gasteiger partial charge in [0.2, 0.25) is 0 Å². The maximum atomic E-state index is 3.48. The lowest BCUT2D eigenvalue weighted by molar-refractivity contribution is 0.267. The zero-order valence-electron chi connectivity index (χ0n) is 8.76. The summed E-state index contributed by atoms with van der Waals surface area (Å²) in [6.45, 7) is 3.82. The molecule has 2 aliphatic rings.